The van der Waals surface area contributed by atoms with Gasteiger partial charge in [0.2, 0.25) is 11.8 Å². The number of carbonyl (C=O) groups is 2. The van der Waals surface area contributed by atoms with Gasteiger partial charge < -0.3 is 10.2 Å². The highest BCUT2D eigenvalue weighted by Gasteiger charge is 2.30. The van der Waals surface area contributed by atoms with Crippen molar-refractivity contribution >= 4 is 11.8 Å². The second kappa shape index (κ2) is 12.2. The Bertz CT molecular complexity index is 1060. The van der Waals surface area contributed by atoms with Gasteiger partial charge in [-0.3, -0.25) is 9.59 Å². The van der Waals surface area contributed by atoms with Crippen molar-refractivity contribution in [1.82, 2.24) is 10.2 Å². The predicted octanol–water partition coefficient (Wildman–Crippen LogP) is 5.40. The first-order chi connectivity index (χ1) is 16.3. The van der Waals surface area contributed by atoms with Crippen LogP contribution in [0.1, 0.15) is 48.1 Å². The number of aryl methyl sites for hydroxylation is 3. The molecule has 0 saturated carbocycles. The zero-order valence-corrected chi connectivity index (χ0v) is 20.8. The van der Waals surface area contributed by atoms with Gasteiger partial charge in [0.05, 0.1) is 0 Å². The van der Waals surface area contributed by atoms with Crippen LogP contribution in [0.15, 0.2) is 78.9 Å². The summed E-state index contributed by atoms with van der Waals surface area (Å²) in [6.45, 7) is 8.39. The number of nitrogens with one attached hydrogen (secondary N) is 1. The number of benzene rings is 3. The molecule has 0 aromatic heterocycles. The summed E-state index contributed by atoms with van der Waals surface area (Å²) in [7, 11) is 0. The molecule has 0 saturated heterocycles. The highest BCUT2D eigenvalue weighted by molar-refractivity contribution is 5.88. The first-order valence-corrected chi connectivity index (χ1v) is 12.1. The molecule has 0 spiro atoms. The molecule has 4 heteroatoms. The van der Waals surface area contributed by atoms with E-state index >= 15 is 0 Å². The molecular formula is C30H36N2O2. The zero-order chi connectivity index (χ0) is 24.5. The highest BCUT2D eigenvalue weighted by Crippen LogP contribution is 2.18. The third-order valence-corrected chi connectivity index (χ3v) is 5.92. The Morgan fingerprint density at radius 3 is 1.88 bits per heavy atom. The van der Waals surface area contributed by atoms with Crippen LogP contribution in [0, 0.1) is 13.8 Å². The Morgan fingerprint density at radius 1 is 0.765 bits per heavy atom. The number of nitrogens with zero attached hydrogens (tertiary/aromatic N) is 1. The van der Waals surface area contributed by atoms with E-state index in [1.807, 2.05) is 75.4 Å². The lowest BCUT2D eigenvalue weighted by Crippen LogP contribution is -2.51. The van der Waals surface area contributed by atoms with Crippen molar-refractivity contribution in [3.8, 4) is 0 Å². The number of carbonyl (C=O) groups excluding carboxylic acids is 2. The largest absolute Gasteiger partial charge is 0.352 e. The van der Waals surface area contributed by atoms with Crippen LogP contribution in [-0.2, 0) is 29.0 Å². The van der Waals surface area contributed by atoms with Crippen LogP contribution in [0.5, 0.6) is 0 Å². The Kier molecular flexibility index (Phi) is 9.03. The van der Waals surface area contributed by atoms with Crippen molar-refractivity contribution in [2.75, 3.05) is 0 Å². The van der Waals surface area contributed by atoms with E-state index in [-0.39, 0.29) is 17.9 Å². The molecule has 0 bridgehead atoms. The van der Waals surface area contributed by atoms with Crippen LogP contribution in [0.25, 0.3) is 0 Å². The molecule has 3 aromatic carbocycles. The molecule has 3 rings (SSSR count). The second-order valence-corrected chi connectivity index (χ2v) is 9.36. The van der Waals surface area contributed by atoms with E-state index in [9.17, 15) is 9.59 Å². The maximum atomic E-state index is 13.6. The molecule has 34 heavy (non-hydrogen) atoms. The van der Waals surface area contributed by atoms with Crippen molar-refractivity contribution in [3.63, 3.8) is 0 Å². The number of rotatable bonds is 10. The minimum atomic E-state index is -0.586. The summed E-state index contributed by atoms with van der Waals surface area (Å²) >= 11 is 0. The normalized spacial score (nSPS) is 11.8. The fourth-order valence-corrected chi connectivity index (χ4v) is 3.97. The van der Waals surface area contributed by atoms with Gasteiger partial charge in [-0.15, -0.1) is 0 Å². The summed E-state index contributed by atoms with van der Waals surface area (Å²) in [5.74, 6) is -0.129. The average Bonchev–Trinajstić information content (AvgIpc) is 2.82. The molecule has 0 heterocycles. The third kappa shape index (κ3) is 7.58. The first kappa shape index (κ1) is 25.2. The van der Waals surface area contributed by atoms with E-state index in [1.165, 1.54) is 11.1 Å². The van der Waals surface area contributed by atoms with Crippen LogP contribution in [0.3, 0.4) is 0 Å². The van der Waals surface area contributed by atoms with Crippen LogP contribution >= 0.6 is 0 Å². The Labute approximate surface area is 204 Å². The summed E-state index contributed by atoms with van der Waals surface area (Å²) in [6, 6.07) is 25.8. The van der Waals surface area contributed by atoms with Gasteiger partial charge in [-0.25, -0.2) is 0 Å². The van der Waals surface area contributed by atoms with Crippen molar-refractivity contribution in [3.05, 3.63) is 107 Å². The fraction of sp³-hybridized carbons (Fsp3) is 0.333. The van der Waals surface area contributed by atoms with E-state index in [4.69, 9.17) is 0 Å². The zero-order valence-electron chi connectivity index (χ0n) is 20.8. The topological polar surface area (TPSA) is 49.4 Å². The molecule has 0 aliphatic rings. The van der Waals surface area contributed by atoms with Crippen LogP contribution in [0.4, 0.5) is 0 Å². The number of hydrogen-bond acceptors (Lipinski definition) is 2. The van der Waals surface area contributed by atoms with E-state index in [0.29, 0.717) is 25.8 Å². The third-order valence-electron chi connectivity index (χ3n) is 5.92. The van der Waals surface area contributed by atoms with Gasteiger partial charge in [-0.1, -0.05) is 90.0 Å². The van der Waals surface area contributed by atoms with Crippen LogP contribution < -0.4 is 5.32 Å². The van der Waals surface area contributed by atoms with E-state index in [0.717, 1.165) is 16.7 Å². The maximum absolute atomic E-state index is 13.6. The second-order valence-electron chi connectivity index (χ2n) is 9.36. The van der Waals surface area contributed by atoms with E-state index in [1.54, 1.807) is 4.90 Å². The van der Waals surface area contributed by atoms with Crippen molar-refractivity contribution in [1.29, 1.82) is 0 Å². The van der Waals surface area contributed by atoms with Crippen LogP contribution in [-0.4, -0.2) is 28.8 Å². The molecule has 0 aliphatic heterocycles. The highest BCUT2D eigenvalue weighted by atomic mass is 16.2. The van der Waals surface area contributed by atoms with E-state index in [2.05, 4.69) is 36.5 Å². The first-order valence-electron chi connectivity index (χ1n) is 12.1. The lowest BCUT2D eigenvalue weighted by molar-refractivity contribution is -0.141. The smallest absolute Gasteiger partial charge is 0.243 e. The van der Waals surface area contributed by atoms with Gasteiger partial charge in [0.1, 0.15) is 6.04 Å². The van der Waals surface area contributed by atoms with Gasteiger partial charge >= 0.3 is 0 Å². The van der Waals surface area contributed by atoms with Gasteiger partial charge in [-0.05, 0) is 50.8 Å². The quantitative estimate of drug-likeness (QED) is 0.444. The summed E-state index contributed by atoms with van der Waals surface area (Å²) in [6.07, 6.45) is 1.48. The van der Waals surface area contributed by atoms with Gasteiger partial charge in [0.25, 0.3) is 0 Å². The van der Waals surface area contributed by atoms with Crippen LogP contribution in [0.2, 0.25) is 0 Å². The van der Waals surface area contributed by atoms with Gasteiger partial charge in [0, 0.05) is 25.4 Å². The molecule has 0 unspecified atom stereocenters. The molecule has 4 nitrogen and oxygen atoms in total. The summed E-state index contributed by atoms with van der Waals surface area (Å²) < 4.78 is 0. The molecule has 0 fully saturated rings. The lowest BCUT2D eigenvalue weighted by atomic mass is 10.0. The van der Waals surface area contributed by atoms with Gasteiger partial charge in [0.15, 0.2) is 0 Å². The molecule has 0 aliphatic carbocycles. The Hall–Kier alpha value is -3.40. The molecule has 1 N–H and O–H groups in total. The SMILES string of the molecule is Cc1ccc(CCC(=O)N(Cc2ccc(C)cc2)[C@@H](Cc2ccccc2)C(=O)NC(C)C)cc1. The molecule has 178 valence electrons. The van der Waals surface area contributed by atoms with Crippen molar-refractivity contribution < 1.29 is 9.59 Å². The fourth-order valence-electron chi connectivity index (χ4n) is 3.97. The summed E-state index contributed by atoms with van der Waals surface area (Å²) in [4.78, 5) is 28.7. The Balaban J connectivity index is 1.89. The standard InChI is InChI=1S/C30H36N2O2/c1-22(2)31-30(34)28(20-26-8-6-5-7-9-26)32(21-27-16-12-24(4)13-17-27)29(33)19-18-25-14-10-23(3)11-15-25/h5-17,22,28H,18-21H2,1-4H3,(H,31,34)/t28-/m0/s1. The molecule has 0 radical (unpaired) electrons. The monoisotopic (exact) mass is 456 g/mol. The maximum Gasteiger partial charge on any atom is 0.243 e. The van der Waals surface area contributed by atoms with Crippen molar-refractivity contribution in [2.45, 2.75) is 65.6 Å². The molecule has 3 aromatic rings. The average molecular weight is 457 g/mol. The molecular weight excluding hydrogens is 420 g/mol. The summed E-state index contributed by atoms with van der Waals surface area (Å²) in [5, 5.41) is 3.04. The van der Waals surface area contributed by atoms with Crippen molar-refractivity contribution in [2.24, 2.45) is 0 Å². The summed E-state index contributed by atoms with van der Waals surface area (Å²) in [5.41, 5.74) is 5.54. The van der Waals surface area contributed by atoms with E-state index < -0.39 is 6.04 Å². The Morgan fingerprint density at radius 2 is 1.32 bits per heavy atom. The molecule has 2 amide bonds. The predicted molar refractivity (Wildman–Crippen MR) is 138 cm³/mol. The number of amides is 2. The minimum absolute atomic E-state index is 0.00495. The lowest BCUT2D eigenvalue weighted by Gasteiger charge is -2.32. The molecule has 1 atom stereocenters. The number of hydrogen-bond donors (Lipinski definition) is 1. The van der Waals surface area contributed by atoms with Gasteiger partial charge in [-0.2, -0.15) is 0 Å². The minimum Gasteiger partial charge on any atom is -0.352 e.